The van der Waals surface area contributed by atoms with E-state index in [2.05, 4.69) is 15.0 Å². The van der Waals surface area contributed by atoms with Crippen LogP contribution >= 0.6 is 0 Å². The molecule has 184 valence electrons. The highest BCUT2D eigenvalue weighted by Crippen LogP contribution is 2.61. The molecule has 3 heterocycles. The third-order valence-electron chi connectivity index (χ3n) is 8.81. The standard InChI is InChI=1S/C24H32FN5O4/c1-23(11-33-18(32)2-3-24-8-13-4-14(9-24)6-15(5-13)10-24)16(31)7-17(34-23)30-12-27-19-20(26)28-22(25)29-21(19)30/h12-17,31H,2-11H2,1H3,(H2,26,28,29)/t13?,14?,15?,16-,17+,23+,24?/m0/s1. The van der Waals surface area contributed by atoms with Crippen LogP contribution in [0.25, 0.3) is 11.2 Å². The van der Waals surface area contributed by atoms with E-state index in [-0.39, 0.29) is 36.0 Å². The van der Waals surface area contributed by atoms with Gasteiger partial charge in [0.05, 0.1) is 12.4 Å². The fraction of sp³-hybridized carbons (Fsp3) is 0.750. The van der Waals surface area contributed by atoms with Crippen LogP contribution in [0.3, 0.4) is 0 Å². The summed E-state index contributed by atoms with van der Waals surface area (Å²) in [5.74, 6) is 2.26. The first kappa shape index (κ1) is 22.2. The average Bonchev–Trinajstić information content (AvgIpc) is 3.31. The van der Waals surface area contributed by atoms with Gasteiger partial charge in [-0.2, -0.15) is 14.4 Å². The zero-order chi connectivity index (χ0) is 23.7. The second kappa shape index (κ2) is 7.84. The van der Waals surface area contributed by atoms with Crippen molar-refractivity contribution in [2.24, 2.45) is 23.2 Å². The number of aliphatic hydroxyl groups excluding tert-OH is 1. The van der Waals surface area contributed by atoms with Gasteiger partial charge in [0.15, 0.2) is 17.0 Å². The number of halogens is 1. The number of carbonyl (C=O) groups excluding carboxylic acids is 1. The molecule has 34 heavy (non-hydrogen) atoms. The van der Waals surface area contributed by atoms with Gasteiger partial charge in [-0.25, -0.2) is 4.98 Å². The second-order valence-corrected chi connectivity index (χ2v) is 11.4. The number of nitrogens with two attached hydrogens (primary N) is 1. The summed E-state index contributed by atoms with van der Waals surface area (Å²) in [6.45, 7) is 1.66. The molecule has 9 nitrogen and oxygen atoms in total. The van der Waals surface area contributed by atoms with Gasteiger partial charge in [0.25, 0.3) is 0 Å². The highest BCUT2D eigenvalue weighted by atomic mass is 19.1. The number of fused-ring (bicyclic) bond motifs is 1. The first-order valence-electron chi connectivity index (χ1n) is 12.4. The number of anilines is 1. The lowest BCUT2D eigenvalue weighted by Gasteiger charge is -2.57. The maximum absolute atomic E-state index is 13.7. The molecule has 1 aliphatic heterocycles. The van der Waals surface area contributed by atoms with E-state index in [4.69, 9.17) is 15.2 Å². The minimum atomic E-state index is -1.09. The smallest absolute Gasteiger partial charge is 0.312 e. The van der Waals surface area contributed by atoms with Crippen molar-refractivity contribution in [3.8, 4) is 0 Å². The molecule has 7 rings (SSSR count). The molecule has 1 saturated heterocycles. The average molecular weight is 474 g/mol. The molecule has 0 unspecified atom stereocenters. The first-order valence-corrected chi connectivity index (χ1v) is 12.4. The summed E-state index contributed by atoms with van der Waals surface area (Å²) < 4.78 is 26.9. The Morgan fingerprint density at radius 2 is 1.91 bits per heavy atom. The maximum Gasteiger partial charge on any atom is 0.312 e. The minimum Gasteiger partial charge on any atom is -0.462 e. The number of ether oxygens (including phenoxy) is 2. The molecule has 5 aliphatic rings. The van der Waals surface area contributed by atoms with E-state index >= 15 is 0 Å². The highest BCUT2D eigenvalue weighted by Gasteiger charge is 2.51. The van der Waals surface area contributed by atoms with Gasteiger partial charge in [-0.3, -0.25) is 9.36 Å². The van der Waals surface area contributed by atoms with Crippen molar-refractivity contribution in [3.63, 3.8) is 0 Å². The molecule has 0 amide bonds. The van der Waals surface area contributed by atoms with E-state index in [0.29, 0.717) is 11.8 Å². The van der Waals surface area contributed by atoms with E-state index in [1.165, 1.54) is 49.4 Å². The maximum atomic E-state index is 13.7. The second-order valence-electron chi connectivity index (χ2n) is 11.4. The molecule has 5 fully saturated rings. The Kier molecular flexibility index (Phi) is 5.11. The van der Waals surface area contributed by atoms with Gasteiger partial charge < -0.3 is 20.3 Å². The molecular formula is C24H32FN5O4. The molecule has 4 bridgehead atoms. The Labute approximate surface area is 197 Å². The lowest BCUT2D eigenvalue weighted by Crippen LogP contribution is -2.46. The van der Waals surface area contributed by atoms with Crippen molar-refractivity contribution in [1.82, 2.24) is 19.5 Å². The van der Waals surface area contributed by atoms with E-state index in [9.17, 15) is 14.3 Å². The monoisotopic (exact) mass is 473 g/mol. The van der Waals surface area contributed by atoms with Gasteiger partial charge in [0.2, 0.25) is 0 Å². The Bertz CT molecular complexity index is 1090. The molecule has 2 aromatic rings. The summed E-state index contributed by atoms with van der Waals surface area (Å²) in [5.41, 5.74) is 5.44. The zero-order valence-corrected chi connectivity index (χ0v) is 19.5. The van der Waals surface area contributed by atoms with Gasteiger partial charge >= 0.3 is 12.0 Å². The van der Waals surface area contributed by atoms with Gasteiger partial charge in [-0.15, -0.1) is 0 Å². The molecule has 0 radical (unpaired) electrons. The van der Waals surface area contributed by atoms with Crippen LogP contribution in [0.15, 0.2) is 6.33 Å². The molecule has 2 aromatic heterocycles. The number of rotatable bonds is 6. The third kappa shape index (κ3) is 3.75. The zero-order valence-electron chi connectivity index (χ0n) is 19.5. The minimum absolute atomic E-state index is 0.0531. The fourth-order valence-electron chi connectivity index (χ4n) is 7.56. The number of nitrogen functional groups attached to an aromatic ring is 1. The normalized spacial score (nSPS) is 38.6. The van der Waals surface area contributed by atoms with Crippen LogP contribution in [0.5, 0.6) is 0 Å². The Morgan fingerprint density at radius 1 is 1.24 bits per heavy atom. The van der Waals surface area contributed by atoms with Crippen molar-refractivity contribution < 1.29 is 23.8 Å². The molecule has 3 atom stereocenters. The summed E-state index contributed by atoms with van der Waals surface area (Å²) in [6.07, 6.45) is 8.43. The summed E-state index contributed by atoms with van der Waals surface area (Å²) in [7, 11) is 0. The quantitative estimate of drug-likeness (QED) is 0.484. The Morgan fingerprint density at radius 3 is 2.59 bits per heavy atom. The molecule has 4 saturated carbocycles. The van der Waals surface area contributed by atoms with Crippen LogP contribution in [0, 0.1) is 29.2 Å². The molecule has 10 heteroatoms. The van der Waals surface area contributed by atoms with Gasteiger partial charge in [-0.05, 0) is 75.0 Å². The Hall–Kier alpha value is -2.33. The molecule has 0 spiro atoms. The van der Waals surface area contributed by atoms with Crippen molar-refractivity contribution in [1.29, 1.82) is 0 Å². The number of aliphatic hydroxyl groups is 1. The number of carbonyl (C=O) groups is 1. The number of aromatic nitrogens is 4. The largest absolute Gasteiger partial charge is 0.462 e. The SMILES string of the molecule is C[C@]1(COC(=O)CCC23CC4CC(CC(C4)C2)C3)O[C@@H](n2cnc3c(N)nc(F)nc32)C[C@@H]1O. The van der Waals surface area contributed by atoms with Crippen molar-refractivity contribution in [2.75, 3.05) is 12.3 Å². The number of nitrogens with zero attached hydrogens (tertiary/aromatic N) is 4. The number of esters is 1. The van der Waals surface area contributed by atoms with Gasteiger partial charge in [-0.1, -0.05) is 0 Å². The van der Waals surface area contributed by atoms with Crippen LogP contribution in [0.1, 0.15) is 70.9 Å². The molecule has 4 aliphatic carbocycles. The number of hydrogen-bond acceptors (Lipinski definition) is 8. The van der Waals surface area contributed by atoms with Crippen LogP contribution in [0.2, 0.25) is 0 Å². The molecular weight excluding hydrogens is 441 g/mol. The number of hydrogen-bond donors (Lipinski definition) is 2. The van der Waals surface area contributed by atoms with E-state index in [1.807, 2.05) is 0 Å². The lowest BCUT2D eigenvalue weighted by molar-refractivity contribution is -0.164. The molecule has 3 N–H and O–H groups in total. The Balaban J connectivity index is 1.07. The summed E-state index contributed by atoms with van der Waals surface area (Å²) in [4.78, 5) is 24.1. The number of imidazole rings is 1. The van der Waals surface area contributed by atoms with Crippen molar-refractivity contribution in [3.05, 3.63) is 12.4 Å². The van der Waals surface area contributed by atoms with Crippen LogP contribution in [-0.2, 0) is 14.3 Å². The van der Waals surface area contributed by atoms with Crippen LogP contribution in [0.4, 0.5) is 10.2 Å². The van der Waals surface area contributed by atoms with Gasteiger partial charge in [0, 0.05) is 12.8 Å². The third-order valence-corrected chi connectivity index (χ3v) is 8.81. The van der Waals surface area contributed by atoms with Gasteiger partial charge in [0.1, 0.15) is 18.4 Å². The topological polar surface area (TPSA) is 125 Å². The fourth-order valence-corrected chi connectivity index (χ4v) is 7.56. The van der Waals surface area contributed by atoms with Crippen molar-refractivity contribution in [2.45, 2.75) is 82.6 Å². The predicted octanol–water partition coefficient (Wildman–Crippen LogP) is 3.13. The predicted molar refractivity (Wildman–Crippen MR) is 120 cm³/mol. The van der Waals surface area contributed by atoms with Crippen molar-refractivity contribution >= 4 is 23.0 Å². The summed E-state index contributed by atoms with van der Waals surface area (Å²) in [5, 5.41) is 10.7. The lowest BCUT2D eigenvalue weighted by atomic mass is 9.48. The van der Waals surface area contributed by atoms with E-state index in [1.54, 1.807) is 6.92 Å². The highest BCUT2D eigenvalue weighted by molar-refractivity contribution is 5.81. The summed E-state index contributed by atoms with van der Waals surface area (Å²) in [6, 6.07) is 0. The molecule has 0 aromatic carbocycles. The van der Waals surface area contributed by atoms with Crippen LogP contribution < -0.4 is 5.73 Å². The summed E-state index contributed by atoms with van der Waals surface area (Å²) >= 11 is 0. The first-order chi connectivity index (χ1) is 16.2. The van der Waals surface area contributed by atoms with Crippen LogP contribution in [-0.4, -0.2) is 48.9 Å². The van der Waals surface area contributed by atoms with E-state index in [0.717, 1.165) is 24.2 Å². The van der Waals surface area contributed by atoms with E-state index < -0.39 is 24.0 Å².